The number of carbonyl (C=O) groups is 1. The average molecular weight is 771 g/mol. The Kier molecular flexibility index (Phi) is 9.67. The van der Waals surface area contributed by atoms with E-state index in [9.17, 15) is 38.4 Å². The number of fused-ring (bicyclic) bond motifs is 7. The molecule has 55 heavy (non-hydrogen) atoms. The van der Waals surface area contributed by atoms with Crippen molar-refractivity contribution < 1.29 is 52.6 Å². The van der Waals surface area contributed by atoms with Gasteiger partial charge in [0.2, 0.25) is 5.88 Å². The van der Waals surface area contributed by atoms with E-state index in [0.29, 0.717) is 49.1 Å². The van der Waals surface area contributed by atoms with E-state index in [1.54, 1.807) is 6.07 Å². The summed E-state index contributed by atoms with van der Waals surface area (Å²) in [6.07, 6.45) is -0.546. The van der Waals surface area contributed by atoms with Crippen molar-refractivity contribution in [3.8, 4) is 11.6 Å². The molecule has 6 N–H and O–H groups in total. The van der Waals surface area contributed by atoms with Crippen LogP contribution >= 0.6 is 0 Å². The fourth-order valence-electron chi connectivity index (χ4n) is 10.1. The highest BCUT2D eigenvalue weighted by atomic mass is 19.4. The van der Waals surface area contributed by atoms with Crippen LogP contribution in [-0.4, -0.2) is 102 Å². The van der Waals surface area contributed by atoms with Gasteiger partial charge in [-0.05, 0) is 104 Å². The standard InChI is InChI=1S/C38H45F3N6O8/c1-35-12-9-23-22-6-4-21(48)15-20(22)3-5-24(23)25(35)10-13-37(35,52)11-2-14-43-33(51)26-7-8-29(47-46-26)53-18-36-19-54-34(55-36)30(31(49)32(36)50)45-28-17-42-16-27(44-28)38(39,40)41/h4,6-8,15-17,23-25,30-32,34,48-50,52H,2-3,5,9-14,18-19H2,1H3,(H,43,51)(H,44,45)/t23-,24-,25+,30-,31-,32-,34+,35+,36+,37+/m1/s1. The van der Waals surface area contributed by atoms with Gasteiger partial charge >= 0.3 is 6.18 Å². The number of alkyl halides is 3. The zero-order chi connectivity index (χ0) is 38.8. The Morgan fingerprint density at radius 2 is 1.93 bits per heavy atom. The molecule has 2 aromatic heterocycles. The van der Waals surface area contributed by atoms with Gasteiger partial charge in [0.05, 0.1) is 24.6 Å². The van der Waals surface area contributed by atoms with E-state index in [2.05, 4.69) is 43.8 Å². The SMILES string of the molecule is C[C@]12CC[C@@H]3c4ccc(O)cc4CC[C@H]3[C@@H]1CC[C@@]2(O)CCCNC(=O)c1ccc(OC[C@@]23CO[C@@H](O2)[C@H](Nc2cncc(C(F)(F)F)n2)[C@@H](O)[C@H]3O)nn1. The van der Waals surface area contributed by atoms with Gasteiger partial charge in [-0.1, -0.05) is 13.0 Å². The largest absolute Gasteiger partial charge is 0.508 e. The maximum atomic E-state index is 13.1. The highest BCUT2D eigenvalue weighted by Crippen LogP contribution is 2.65. The molecule has 1 amide bonds. The molecule has 3 aromatic rings. The molecule has 0 spiro atoms. The number of aliphatic hydroxyl groups is 3. The molecule has 3 aliphatic carbocycles. The van der Waals surface area contributed by atoms with Gasteiger partial charge in [0.15, 0.2) is 23.3 Å². The lowest BCUT2D eigenvalue weighted by Crippen LogP contribution is -2.64. The number of amides is 1. The van der Waals surface area contributed by atoms with Gasteiger partial charge in [0, 0.05) is 12.6 Å². The smallest absolute Gasteiger partial charge is 0.434 e. The summed E-state index contributed by atoms with van der Waals surface area (Å²) in [5.74, 6) is 0.998. The van der Waals surface area contributed by atoms with Crippen molar-refractivity contribution in [1.29, 1.82) is 0 Å². The molecule has 2 aliphatic heterocycles. The van der Waals surface area contributed by atoms with E-state index < -0.39 is 53.5 Å². The third-order valence-electron chi connectivity index (χ3n) is 13.0. The number of halogens is 3. The zero-order valence-corrected chi connectivity index (χ0v) is 30.2. The lowest BCUT2D eigenvalue weighted by molar-refractivity contribution is -0.222. The van der Waals surface area contributed by atoms with Crippen LogP contribution in [0.3, 0.4) is 0 Å². The topological polar surface area (TPSA) is 201 Å². The second kappa shape index (κ2) is 14.1. The molecular formula is C38H45F3N6O8. The predicted molar refractivity (Wildman–Crippen MR) is 187 cm³/mol. The van der Waals surface area contributed by atoms with Gasteiger partial charge in [-0.2, -0.15) is 13.2 Å². The molecular weight excluding hydrogens is 725 g/mol. The van der Waals surface area contributed by atoms with Crippen LogP contribution in [0.15, 0.2) is 42.7 Å². The number of nitrogens with zero attached hydrogens (tertiary/aromatic N) is 4. The van der Waals surface area contributed by atoms with E-state index in [4.69, 9.17) is 14.2 Å². The van der Waals surface area contributed by atoms with Crippen LogP contribution < -0.4 is 15.4 Å². The van der Waals surface area contributed by atoms with E-state index in [1.807, 2.05) is 6.07 Å². The first-order chi connectivity index (χ1) is 26.2. The first kappa shape index (κ1) is 37.7. The van der Waals surface area contributed by atoms with Gasteiger partial charge in [0.1, 0.15) is 36.4 Å². The summed E-state index contributed by atoms with van der Waals surface area (Å²) in [6, 6.07) is 7.48. The van der Waals surface area contributed by atoms with Gasteiger partial charge < -0.3 is 45.3 Å². The van der Waals surface area contributed by atoms with E-state index in [0.717, 1.165) is 44.7 Å². The third kappa shape index (κ3) is 6.77. The fraction of sp³-hybridized carbons (Fsp3) is 0.605. The Bertz CT molecular complexity index is 1910. The number of anilines is 1. The first-order valence-corrected chi connectivity index (χ1v) is 18.8. The molecule has 5 aliphatic rings. The Labute approximate surface area is 314 Å². The van der Waals surface area contributed by atoms with Crippen molar-refractivity contribution in [2.45, 2.75) is 106 Å². The fourth-order valence-corrected chi connectivity index (χ4v) is 10.1. The van der Waals surface area contributed by atoms with Crippen molar-refractivity contribution in [2.24, 2.45) is 17.3 Å². The molecule has 2 saturated carbocycles. The molecule has 10 atom stereocenters. The van der Waals surface area contributed by atoms with E-state index in [1.165, 1.54) is 23.3 Å². The Morgan fingerprint density at radius 1 is 1.09 bits per heavy atom. The molecule has 0 unspecified atom stereocenters. The van der Waals surface area contributed by atoms with Crippen molar-refractivity contribution in [3.63, 3.8) is 0 Å². The predicted octanol–water partition coefficient (Wildman–Crippen LogP) is 3.50. The van der Waals surface area contributed by atoms with Crippen molar-refractivity contribution in [3.05, 3.63) is 65.2 Å². The number of nitrogens with one attached hydrogen (secondary N) is 2. The Hall–Kier alpha value is -4.16. The van der Waals surface area contributed by atoms with Crippen molar-refractivity contribution in [2.75, 3.05) is 25.1 Å². The minimum absolute atomic E-state index is 0.0136. The third-order valence-corrected chi connectivity index (χ3v) is 13.0. The highest BCUT2D eigenvalue weighted by molar-refractivity contribution is 5.92. The minimum atomic E-state index is -4.73. The number of aliphatic hydroxyl groups excluding tert-OH is 2. The van der Waals surface area contributed by atoms with Gasteiger partial charge in [0.25, 0.3) is 5.91 Å². The van der Waals surface area contributed by atoms with Crippen LogP contribution in [0.5, 0.6) is 11.6 Å². The number of rotatable bonds is 10. The minimum Gasteiger partial charge on any atom is -0.508 e. The summed E-state index contributed by atoms with van der Waals surface area (Å²) < 4.78 is 56.5. The second-order valence-corrected chi connectivity index (χ2v) is 16.0. The average Bonchev–Trinajstić information content (AvgIpc) is 3.70. The summed E-state index contributed by atoms with van der Waals surface area (Å²) in [4.78, 5) is 19.9. The van der Waals surface area contributed by atoms with Gasteiger partial charge in [-0.3, -0.25) is 9.78 Å². The maximum absolute atomic E-state index is 13.1. The molecule has 2 bridgehead atoms. The molecule has 1 aromatic carbocycles. The van der Waals surface area contributed by atoms with Crippen molar-refractivity contribution in [1.82, 2.24) is 25.5 Å². The summed E-state index contributed by atoms with van der Waals surface area (Å²) in [5, 5.41) is 57.3. The quantitative estimate of drug-likeness (QED) is 0.164. The van der Waals surface area contributed by atoms with E-state index in [-0.39, 0.29) is 36.0 Å². The lowest BCUT2D eigenvalue weighted by atomic mass is 9.53. The van der Waals surface area contributed by atoms with Gasteiger partial charge in [-0.15, -0.1) is 10.2 Å². The van der Waals surface area contributed by atoms with E-state index >= 15 is 0 Å². The summed E-state index contributed by atoms with van der Waals surface area (Å²) >= 11 is 0. The van der Waals surface area contributed by atoms with Crippen LogP contribution in [0, 0.1) is 17.3 Å². The van der Waals surface area contributed by atoms with Crippen LogP contribution in [0.4, 0.5) is 19.0 Å². The van der Waals surface area contributed by atoms with Gasteiger partial charge in [-0.25, -0.2) is 4.98 Å². The number of hydrogen-bond donors (Lipinski definition) is 6. The zero-order valence-electron chi connectivity index (χ0n) is 30.2. The number of carbonyl (C=O) groups excluding carboxylic acids is 1. The Balaban J connectivity index is 0.808. The molecule has 2 saturated heterocycles. The van der Waals surface area contributed by atoms with Crippen LogP contribution in [-0.2, 0) is 22.1 Å². The molecule has 4 heterocycles. The number of hydrogen-bond acceptors (Lipinski definition) is 13. The maximum Gasteiger partial charge on any atom is 0.434 e. The van der Waals surface area contributed by atoms with Crippen LogP contribution in [0.25, 0.3) is 0 Å². The molecule has 14 nitrogen and oxygen atoms in total. The number of ether oxygens (including phenoxy) is 3. The number of benzene rings is 1. The molecule has 0 radical (unpaired) electrons. The summed E-state index contributed by atoms with van der Waals surface area (Å²) in [6.45, 7) is 2.08. The molecule has 4 fully saturated rings. The second-order valence-electron chi connectivity index (χ2n) is 16.0. The van der Waals surface area contributed by atoms with Crippen LogP contribution in [0.1, 0.15) is 85.1 Å². The number of phenols is 1. The molecule has 17 heteroatoms. The number of aromatic nitrogens is 4. The number of aryl methyl sites for hydroxylation is 1. The van der Waals surface area contributed by atoms with Crippen LogP contribution in [0.2, 0.25) is 0 Å². The number of aromatic hydroxyl groups is 1. The van der Waals surface area contributed by atoms with Crippen molar-refractivity contribution >= 4 is 11.7 Å². The normalized spacial score (nSPS) is 35.0. The summed E-state index contributed by atoms with van der Waals surface area (Å²) in [7, 11) is 0. The monoisotopic (exact) mass is 770 g/mol. The lowest BCUT2D eigenvalue weighted by Gasteiger charge is -2.53. The Morgan fingerprint density at radius 3 is 2.71 bits per heavy atom. The first-order valence-electron chi connectivity index (χ1n) is 18.8. The summed E-state index contributed by atoms with van der Waals surface area (Å²) in [5.41, 5.74) is -1.10. The molecule has 296 valence electrons. The highest BCUT2D eigenvalue weighted by Gasteiger charge is 2.62. The molecule has 8 rings (SSSR count). The number of phenolic OH excluding ortho intramolecular Hbond substituents is 1.